The fraction of sp³-hybridized carbons (Fsp3) is 0.714. The van der Waals surface area contributed by atoms with Crippen LogP contribution in [0.25, 0.3) is 0 Å². The molecule has 0 radical (unpaired) electrons. The first-order chi connectivity index (χ1) is 14.2. The van der Waals surface area contributed by atoms with Gasteiger partial charge in [-0.2, -0.15) is 0 Å². The Bertz CT molecular complexity index is 627. The Labute approximate surface area is 196 Å². The van der Waals surface area contributed by atoms with Crippen LogP contribution in [0.5, 0.6) is 0 Å². The molecule has 1 unspecified atom stereocenters. The van der Waals surface area contributed by atoms with Crippen molar-refractivity contribution in [2.45, 2.75) is 57.8 Å². The third-order valence-corrected chi connectivity index (χ3v) is 5.28. The van der Waals surface area contributed by atoms with E-state index in [1.807, 2.05) is 13.0 Å². The summed E-state index contributed by atoms with van der Waals surface area (Å²) in [4.78, 5) is 18.8. The molecule has 0 aliphatic carbocycles. The van der Waals surface area contributed by atoms with Crippen LogP contribution in [0.4, 0.5) is 0 Å². The number of rotatable bonds is 8. The van der Waals surface area contributed by atoms with Gasteiger partial charge in [0, 0.05) is 26.2 Å². The molecule has 30 heavy (non-hydrogen) atoms. The van der Waals surface area contributed by atoms with Crippen molar-refractivity contribution in [1.29, 1.82) is 0 Å². The molecule has 3 heterocycles. The van der Waals surface area contributed by atoms with Crippen LogP contribution in [-0.4, -0.2) is 68.4 Å². The maximum absolute atomic E-state index is 12.1. The number of furan rings is 1. The van der Waals surface area contributed by atoms with Gasteiger partial charge in [-0.05, 0) is 51.2 Å². The Morgan fingerprint density at radius 2 is 2.10 bits per heavy atom. The van der Waals surface area contributed by atoms with E-state index in [0.29, 0.717) is 13.2 Å². The van der Waals surface area contributed by atoms with Gasteiger partial charge < -0.3 is 29.4 Å². The number of piperidine rings is 1. The summed E-state index contributed by atoms with van der Waals surface area (Å²) in [6.45, 7) is 6.59. The molecular formula is C21H35IN4O4. The first-order valence-electron chi connectivity index (χ1n) is 10.8. The Balaban J connectivity index is 0.00000320. The van der Waals surface area contributed by atoms with Crippen molar-refractivity contribution in [3.63, 3.8) is 0 Å². The van der Waals surface area contributed by atoms with Gasteiger partial charge in [-0.3, -0.25) is 4.79 Å². The minimum atomic E-state index is -0.123. The highest BCUT2D eigenvalue weighted by Crippen LogP contribution is 2.18. The number of carbonyl (C=O) groups excluding carboxylic acids is 1. The second-order valence-electron chi connectivity index (χ2n) is 7.53. The summed E-state index contributed by atoms with van der Waals surface area (Å²) in [7, 11) is 0. The molecule has 2 N–H and O–H groups in total. The molecule has 2 fully saturated rings. The molecule has 170 valence electrons. The Kier molecular flexibility index (Phi) is 11.5. The number of hydrogen-bond acceptors (Lipinski definition) is 5. The highest BCUT2D eigenvalue weighted by molar-refractivity contribution is 14.0. The standard InChI is InChI=1S/C21H34N4O4.HI/c1-2-22-21(24-15-20(26)23-14-18-7-5-13-27-18)25-10-8-17(9-11-25)29-16-19-6-3-4-12-28-19;/h5,7,13,17,19H,2-4,6,8-12,14-16H2,1H3,(H,22,24)(H,23,26);1H. The van der Waals surface area contributed by atoms with Gasteiger partial charge in [-0.1, -0.05) is 0 Å². The summed E-state index contributed by atoms with van der Waals surface area (Å²) in [6, 6.07) is 3.64. The van der Waals surface area contributed by atoms with E-state index in [9.17, 15) is 4.79 Å². The fourth-order valence-corrected chi connectivity index (χ4v) is 3.64. The van der Waals surface area contributed by atoms with E-state index in [4.69, 9.17) is 13.9 Å². The zero-order valence-electron chi connectivity index (χ0n) is 17.8. The largest absolute Gasteiger partial charge is 0.467 e. The predicted molar refractivity (Wildman–Crippen MR) is 126 cm³/mol. The van der Waals surface area contributed by atoms with Crippen LogP contribution in [0.1, 0.15) is 44.8 Å². The molecule has 1 aromatic rings. The van der Waals surface area contributed by atoms with Crippen LogP contribution in [0.3, 0.4) is 0 Å². The maximum Gasteiger partial charge on any atom is 0.242 e. The molecule has 0 spiro atoms. The van der Waals surface area contributed by atoms with E-state index in [0.717, 1.165) is 57.2 Å². The second kappa shape index (κ2) is 13.9. The van der Waals surface area contributed by atoms with Crippen molar-refractivity contribution in [2.24, 2.45) is 4.99 Å². The molecule has 9 heteroatoms. The lowest BCUT2D eigenvalue weighted by Crippen LogP contribution is -2.47. The molecule has 2 aliphatic heterocycles. The molecule has 8 nitrogen and oxygen atoms in total. The lowest BCUT2D eigenvalue weighted by molar-refractivity contribution is -0.119. The quantitative estimate of drug-likeness (QED) is 0.303. The molecule has 0 saturated carbocycles. The zero-order valence-corrected chi connectivity index (χ0v) is 20.1. The molecule has 0 bridgehead atoms. The molecule has 3 rings (SSSR count). The van der Waals surface area contributed by atoms with Crippen molar-refractivity contribution in [3.8, 4) is 0 Å². The van der Waals surface area contributed by atoms with Crippen molar-refractivity contribution in [3.05, 3.63) is 24.2 Å². The van der Waals surface area contributed by atoms with Crippen LogP contribution >= 0.6 is 24.0 Å². The number of ether oxygens (including phenoxy) is 2. The molecule has 1 amide bonds. The number of amides is 1. The molecule has 1 aromatic heterocycles. The number of guanidine groups is 1. The number of nitrogens with one attached hydrogen (secondary N) is 2. The summed E-state index contributed by atoms with van der Waals surface area (Å²) in [6.07, 6.45) is 7.57. The number of aliphatic imine (C=N–C) groups is 1. The monoisotopic (exact) mass is 534 g/mol. The van der Waals surface area contributed by atoms with Gasteiger partial charge in [0.05, 0.1) is 31.6 Å². The second-order valence-corrected chi connectivity index (χ2v) is 7.53. The normalized spacial score (nSPS) is 20.5. The molecule has 1 atom stereocenters. The average Bonchev–Trinajstić information content (AvgIpc) is 3.29. The van der Waals surface area contributed by atoms with Gasteiger partial charge in [-0.25, -0.2) is 4.99 Å². The van der Waals surface area contributed by atoms with E-state index < -0.39 is 0 Å². The van der Waals surface area contributed by atoms with Crippen LogP contribution < -0.4 is 10.6 Å². The number of halogens is 1. The SMILES string of the molecule is CCNC(=NCC(=O)NCc1ccco1)N1CCC(OCC2CCCCO2)CC1.I. The van der Waals surface area contributed by atoms with Crippen molar-refractivity contribution in [1.82, 2.24) is 15.5 Å². The van der Waals surface area contributed by atoms with Gasteiger partial charge in [0.25, 0.3) is 0 Å². The summed E-state index contributed by atoms with van der Waals surface area (Å²) >= 11 is 0. The minimum Gasteiger partial charge on any atom is -0.467 e. The van der Waals surface area contributed by atoms with E-state index in [1.54, 1.807) is 12.3 Å². The topological polar surface area (TPSA) is 88.3 Å². The van der Waals surface area contributed by atoms with Gasteiger partial charge in [0.15, 0.2) is 5.96 Å². The van der Waals surface area contributed by atoms with Gasteiger partial charge >= 0.3 is 0 Å². The van der Waals surface area contributed by atoms with Crippen LogP contribution in [0.2, 0.25) is 0 Å². The maximum atomic E-state index is 12.1. The fourth-order valence-electron chi connectivity index (χ4n) is 3.64. The third kappa shape index (κ3) is 8.43. The van der Waals surface area contributed by atoms with Crippen molar-refractivity contribution < 1.29 is 18.7 Å². The number of likely N-dealkylation sites (tertiary alicyclic amines) is 1. The van der Waals surface area contributed by atoms with E-state index in [1.165, 1.54) is 12.8 Å². The van der Waals surface area contributed by atoms with Crippen molar-refractivity contribution in [2.75, 3.05) is 39.4 Å². The van der Waals surface area contributed by atoms with E-state index in [2.05, 4.69) is 20.5 Å². The number of carbonyl (C=O) groups is 1. The number of nitrogens with zero attached hydrogens (tertiary/aromatic N) is 2. The lowest BCUT2D eigenvalue weighted by atomic mass is 10.1. The smallest absolute Gasteiger partial charge is 0.242 e. The Morgan fingerprint density at radius 1 is 1.27 bits per heavy atom. The highest BCUT2D eigenvalue weighted by Gasteiger charge is 2.24. The lowest BCUT2D eigenvalue weighted by Gasteiger charge is -2.35. The van der Waals surface area contributed by atoms with E-state index >= 15 is 0 Å². The van der Waals surface area contributed by atoms with E-state index in [-0.39, 0.29) is 48.6 Å². The summed E-state index contributed by atoms with van der Waals surface area (Å²) < 4.78 is 17.1. The first-order valence-corrected chi connectivity index (χ1v) is 10.8. The Hall–Kier alpha value is -1.33. The third-order valence-electron chi connectivity index (χ3n) is 5.28. The van der Waals surface area contributed by atoms with Crippen LogP contribution in [0.15, 0.2) is 27.8 Å². The zero-order chi connectivity index (χ0) is 20.3. The molecule has 2 aliphatic rings. The Morgan fingerprint density at radius 3 is 2.77 bits per heavy atom. The molecular weight excluding hydrogens is 499 g/mol. The predicted octanol–water partition coefficient (Wildman–Crippen LogP) is 2.53. The first kappa shape index (κ1) is 24.9. The summed E-state index contributed by atoms with van der Waals surface area (Å²) in [5, 5.41) is 6.11. The average molecular weight is 534 g/mol. The van der Waals surface area contributed by atoms with Crippen LogP contribution in [0, 0.1) is 0 Å². The highest BCUT2D eigenvalue weighted by atomic mass is 127. The minimum absolute atomic E-state index is 0. The van der Waals surface area contributed by atoms with Crippen LogP contribution in [-0.2, 0) is 20.8 Å². The summed E-state index contributed by atoms with van der Waals surface area (Å²) in [5.41, 5.74) is 0. The molecule has 0 aromatic carbocycles. The number of hydrogen-bond donors (Lipinski definition) is 2. The summed E-state index contributed by atoms with van der Waals surface area (Å²) in [5.74, 6) is 1.40. The molecule has 2 saturated heterocycles. The van der Waals surface area contributed by atoms with Gasteiger partial charge in [0.2, 0.25) is 5.91 Å². The van der Waals surface area contributed by atoms with Crippen molar-refractivity contribution >= 4 is 35.8 Å². The van der Waals surface area contributed by atoms with Gasteiger partial charge in [0.1, 0.15) is 12.3 Å². The van der Waals surface area contributed by atoms with Gasteiger partial charge in [-0.15, -0.1) is 24.0 Å².